The first-order valence-corrected chi connectivity index (χ1v) is 27.2. The number of hydrogen-bond donors (Lipinski definition) is 0. The van der Waals surface area contributed by atoms with Crippen molar-refractivity contribution in [3.05, 3.63) is 291 Å². The normalized spacial score (nSPS) is 11.8. The van der Waals surface area contributed by atoms with E-state index in [9.17, 15) is 0 Å². The van der Waals surface area contributed by atoms with E-state index in [0.29, 0.717) is 0 Å². The summed E-state index contributed by atoms with van der Waals surface area (Å²) >= 11 is 0. The fourth-order valence-corrected chi connectivity index (χ4v) is 13.6. The molecule has 0 unspecified atom stereocenters. The van der Waals surface area contributed by atoms with Crippen LogP contribution in [0.5, 0.6) is 0 Å². The minimum absolute atomic E-state index is 1.20. The van der Waals surface area contributed by atoms with Crippen LogP contribution in [0.1, 0.15) is 0 Å². The molecule has 2 aliphatic rings. The van der Waals surface area contributed by atoms with Gasteiger partial charge in [0, 0.05) is 0 Å². The summed E-state index contributed by atoms with van der Waals surface area (Å²) in [6, 6.07) is 108. The summed E-state index contributed by atoms with van der Waals surface area (Å²) in [5.74, 6) is 0. The van der Waals surface area contributed by atoms with Crippen LogP contribution in [-0.2, 0) is 0 Å². The second kappa shape index (κ2) is 17.7. The van der Waals surface area contributed by atoms with Crippen LogP contribution in [0.3, 0.4) is 0 Å². The van der Waals surface area contributed by atoms with Crippen molar-refractivity contribution in [2.45, 2.75) is 0 Å². The zero-order valence-corrected chi connectivity index (χ0v) is 42.7. The molecule has 2 aliphatic carbocycles. The van der Waals surface area contributed by atoms with E-state index in [1.807, 2.05) is 0 Å². The van der Waals surface area contributed by atoms with Crippen molar-refractivity contribution in [1.82, 2.24) is 0 Å². The Balaban J connectivity index is 0.886. The minimum atomic E-state index is 1.20. The molecule has 14 aromatic carbocycles. The highest BCUT2D eigenvalue weighted by atomic mass is 14.4. The first-order chi connectivity index (χ1) is 38.8. The Morgan fingerprint density at radius 2 is 0.346 bits per heavy atom. The molecule has 78 heavy (non-hydrogen) atoms. The van der Waals surface area contributed by atoms with E-state index in [1.54, 1.807) is 0 Å². The molecule has 14 aromatic rings. The fraction of sp³-hybridized carbons (Fsp3) is 0. The molecule has 0 N–H and O–H groups in total. The van der Waals surface area contributed by atoms with Crippen LogP contribution in [0.15, 0.2) is 291 Å². The molecule has 0 aromatic heterocycles. The molecule has 0 radical (unpaired) electrons. The highest BCUT2D eigenvalue weighted by Crippen LogP contribution is 2.62. The monoisotopic (exact) mass is 984 g/mol. The summed E-state index contributed by atoms with van der Waals surface area (Å²) in [6.45, 7) is 0. The molecule has 0 heteroatoms. The quantitative estimate of drug-likeness (QED) is 0.142. The van der Waals surface area contributed by atoms with Crippen molar-refractivity contribution in [2.24, 2.45) is 0 Å². The van der Waals surface area contributed by atoms with E-state index in [2.05, 4.69) is 291 Å². The number of fused-ring (bicyclic) bond motifs is 7. The van der Waals surface area contributed by atoms with Crippen molar-refractivity contribution < 1.29 is 0 Å². The van der Waals surface area contributed by atoms with E-state index in [1.165, 1.54) is 166 Å². The second-order valence-electron chi connectivity index (χ2n) is 20.8. The first kappa shape index (κ1) is 44.2. The number of hydrogen-bond acceptors (Lipinski definition) is 0. The summed E-state index contributed by atoms with van der Waals surface area (Å²) < 4.78 is 0. The molecule has 0 heterocycles. The highest BCUT2D eigenvalue weighted by molar-refractivity contribution is 6.30. The summed E-state index contributed by atoms with van der Waals surface area (Å²) in [5.41, 5.74) is 30.1. The van der Waals surface area contributed by atoms with Gasteiger partial charge in [0.25, 0.3) is 0 Å². The van der Waals surface area contributed by atoms with Gasteiger partial charge < -0.3 is 0 Å². The van der Waals surface area contributed by atoms with Crippen LogP contribution in [0.4, 0.5) is 0 Å². The topological polar surface area (TPSA) is 0 Å². The maximum absolute atomic E-state index is 2.41. The van der Waals surface area contributed by atoms with Gasteiger partial charge in [-0.2, -0.15) is 0 Å². The molecular weight excluding hydrogens is 937 g/mol. The average molecular weight is 985 g/mol. The van der Waals surface area contributed by atoms with Crippen LogP contribution in [0, 0.1) is 0 Å². The fourth-order valence-electron chi connectivity index (χ4n) is 13.6. The lowest BCUT2D eigenvalue weighted by Gasteiger charge is -2.26. The lowest BCUT2D eigenvalue weighted by atomic mass is 9.76. The molecule has 0 bridgehead atoms. The molecule has 16 rings (SSSR count). The van der Waals surface area contributed by atoms with Gasteiger partial charge >= 0.3 is 0 Å². The smallest absolute Gasteiger partial charge is 0.000718 e. The van der Waals surface area contributed by atoms with Gasteiger partial charge in [-0.05, 0) is 166 Å². The third-order valence-electron chi connectivity index (χ3n) is 16.8. The molecule has 0 fully saturated rings. The Morgan fingerprint density at radius 3 is 0.667 bits per heavy atom. The second-order valence-corrected chi connectivity index (χ2v) is 20.8. The van der Waals surface area contributed by atoms with Crippen LogP contribution in [-0.4, -0.2) is 0 Å². The third kappa shape index (κ3) is 6.60. The zero-order chi connectivity index (χ0) is 51.3. The predicted octanol–water partition coefficient (Wildman–Crippen LogP) is 21.8. The Bertz CT molecular complexity index is 4480. The van der Waals surface area contributed by atoms with Crippen molar-refractivity contribution in [3.63, 3.8) is 0 Å². The molecule has 0 atom stereocenters. The van der Waals surface area contributed by atoms with E-state index in [4.69, 9.17) is 0 Å². The predicted molar refractivity (Wildman–Crippen MR) is 331 cm³/mol. The standard InChI is InChI=1S/C78H48/c1-7-23-51(24-8-1)67-61-35-19-20-36-62(61)68(52-25-9-2-10-26-52)76-65-47-45-57(59-37-21-39-63(73(59)65)75(67)76)49-41-43-50(44-42-49)58-46-48-66-74-60(58)38-22-40-64(74)77-71(55-31-15-5-16-32-55)69(53-27-11-3-12-28-53)70(54-29-13-4-14-30-54)72(78(66)77)56-33-17-6-18-34-56/h1-48H. The van der Waals surface area contributed by atoms with Gasteiger partial charge in [-0.3, -0.25) is 0 Å². The van der Waals surface area contributed by atoms with Crippen LogP contribution >= 0.6 is 0 Å². The molecule has 0 saturated heterocycles. The van der Waals surface area contributed by atoms with E-state index >= 15 is 0 Å². The minimum Gasteiger partial charge on any atom is -0.0622 e. The van der Waals surface area contributed by atoms with Crippen molar-refractivity contribution in [3.8, 4) is 134 Å². The van der Waals surface area contributed by atoms with E-state index < -0.39 is 0 Å². The molecule has 360 valence electrons. The summed E-state index contributed by atoms with van der Waals surface area (Å²) in [7, 11) is 0. The maximum Gasteiger partial charge on any atom is -0.000718 e. The highest BCUT2D eigenvalue weighted by Gasteiger charge is 2.35. The lowest BCUT2D eigenvalue weighted by molar-refractivity contribution is 1.54. The van der Waals surface area contributed by atoms with Crippen molar-refractivity contribution >= 4 is 32.3 Å². The van der Waals surface area contributed by atoms with E-state index in [-0.39, 0.29) is 0 Å². The third-order valence-corrected chi connectivity index (χ3v) is 16.8. The van der Waals surface area contributed by atoms with Gasteiger partial charge in [0.1, 0.15) is 0 Å². The Morgan fingerprint density at radius 1 is 0.115 bits per heavy atom. The molecule has 0 amide bonds. The Kier molecular flexibility index (Phi) is 10.0. The van der Waals surface area contributed by atoms with Gasteiger partial charge in [0.2, 0.25) is 0 Å². The summed E-state index contributed by atoms with van der Waals surface area (Å²) in [6.07, 6.45) is 0. The number of rotatable bonds is 8. The molecule has 0 nitrogen and oxygen atoms in total. The van der Waals surface area contributed by atoms with Crippen LogP contribution < -0.4 is 0 Å². The van der Waals surface area contributed by atoms with Crippen molar-refractivity contribution in [2.75, 3.05) is 0 Å². The van der Waals surface area contributed by atoms with Gasteiger partial charge in [-0.1, -0.05) is 291 Å². The first-order valence-electron chi connectivity index (χ1n) is 27.2. The van der Waals surface area contributed by atoms with Gasteiger partial charge in [-0.15, -0.1) is 0 Å². The molecule has 0 spiro atoms. The summed E-state index contributed by atoms with van der Waals surface area (Å²) in [4.78, 5) is 0. The van der Waals surface area contributed by atoms with Gasteiger partial charge in [0.15, 0.2) is 0 Å². The molecular formula is C78H48. The molecule has 0 saturated carbocycles. The summed E-state index contributed by atoms with van der Waals surface area (Å²) in [5, 5.41) is 7.70. The van der Waals surface area contributed by atoms with Crippen LogP contribution in [0.25, 0.3) is 166 Å². The van der Waals surface area contributed by atoms with Crippen LogP contribution in [0.2, 0.25) is 0 Å². The van der Waals surface area contributed by atoms with Gasteiger partial charge in [0.05, 0.1) is 0 Å². The Labute approximate surface area is 454 Å². The van der Waals surface area contributed by atoms with Crippen molar-refractivity contribution in [1.29, 1.82) is 0 Å². The number of benzene rings is 14. The maximum atomic E-state index is 2.41. The zero-order valence-electron chi connectivity index (χ0n) is 42.7. The molecule has 0 aliphatic heterocycles. The van der Waals surface area contributed by atoms with Gasteiger partial charge in [-0.25, -0.2) is 0 Å². The average Bonchev–Trinajstić information content (AvgIpc) is 4.24. The Hall–Kier alpha value is -10.1. The largest absolute Gasteiger partial charge is 0.0622 e. The lowest BCUT2D eigenvalue weighted by Crippen LogP contribution is -1.99. The SMILES string of the molecule is c1ccc(-c2c(-c3ccccc3)c(-c3ccccc3)c3c(c2-c2ccccc2)-c2cccc4c(-c5ccc(-c6ccc7c8c(cccc68)-c6c-7c(-c7ccccc7)c7ccccc7c6-c6ccccc6)cc5)ccc-3c24)cc1. The van der Waals surface area contributed by atoms with E-state index in [0.717, 1.165) is 0 Å².